The maximum absolute atomic E-state index is 11.9. The summed E-state index contributed by atoms with van der Waals surface area (Å²) in [6, 6.07) is 1.23. The summed E-state index contributed by atoms with van der Waals surface area (Å²) in [6.45, 7) is 0. The molecule has 1 fully saturated rings. The third-order valence-corrected chi connectivity index (χ3v) is 5.36. The summed E-state index contributed by atoms with van der Waals surface area (Å²) in [4.78, 5) is 23.0. The van der Waals surface area contributed by atoms with E-state index in [0.29, 0.717) is 12.8 Å². The molecular formula is C10H12N2O5S2. The summed E-state index contributed by atoms with van der Waals surface area (Å²) in [7, 11) is -2.32. The predicted octanol–water partition coefficient (Wildman–Crippen LogP) is 0.00320. The van der Waals surface area contributed by atoms with Crippen LogP contribution in [0.25, 0.3) is 0 Å². The van der Waals surface area contributed by atoms with Gasteiger partial charge in [-0.2, -0.15) is 0 Å². The highest BCUT2D eigenvalue weighted by Gasteiger charge is 2.51. The van der Waals surface area contributed by atoms with Gasteiger partial charge in [0.1, 0.15) is 5.54 Å². The van der Waals surface area contributed by atoms with E-state index in [1.54, 1.807) is 0 Å². The molecule has 1 heterocycles. The van der Waals surface area contributed by atoms with E-state index in [-0.39, 0.29) is 9.77 Å². The number of thiophene rings is 1. The smallest absolute Gasteiger partial charge is 0.329 e. The van der Waals surface area contributed by atoms with E-state index >= 15 is 0 Å². The number of rotatable bonds is 5. The van der Waals surface area contributed by atoms with Crippen LogP contribution in [0.5, 0.6) is 0 Å². The van der Waals surface area contributed by atoms with Gasteiger partial charge in [-0.05, 0) is 26.0 Å². The zero-order chi connectivity index (χ0) is 14.3. The van der Waals surface area contributed by atoms with Crippen LogP contribution in [0.3, 0.4) is 0 Å². The van der Waals surface area contributed by atoms with Crippen LogP contribution in [-0.2, 0) is 14.8 Å². The monoisotopic (exact) mass is 304 g/mol. The number of hydrogen-bond acceptors (Lipinski definition) is 5. The van der Waals surface area contributed by atoms with Crippen LogP contribution in [0.2, 0.25) is 0 Å². The van der Waals surface area contributed by atoms with Crippen molar-refractivity contribution in [2.75, 3.05) is 7.05 Å². The minimum absolute atomic E-state index is 0.00896. The molecule has 1 aromatic heterocycles. The van der Waals surface area contributed by atoms with Crippen molar-refractivity contribution >= 4 is 33.2 Å². The number of aliphatic carboxylic acids is 1. The molecule has 2 rings (SSSR count). The molecule has 0 aliphatic heterocycles. The van der Waals surface area contributed by atoms with Crippen molar-refractivity contribution in [2.24, 2.45) is 0 Å². The maximum Gasteiger partial charge on any atom is 0.329 e. The molecule has 3 N–H and O–H groups in total. The second-order valence-corrected chi connectivity index (χ2v) is 6.99. The quantitative estimate of drug-likeness (QED) is 0.709. The SMILES string of the molecule is CNS(=O)(=O)c1csc(C(=O)NC2(C(=O)O)CC2)c1. The molecule has 1 saturated carbocycles. The third kappa shape index (κ3) is 2.62. The van der Waals surface area contributed by atoms with Crippen molar-refractivity contribution in [3.8, 4) is 0 Å². The topological polar surface area (TPSA) is 113 Å². The van der Waals surface area contributed by atoms with E-state index in [0.717, 1.165) is 11.3 Å². The van der Waals surface area contributed by atoms with E-state index in [1.807, 2.05) is 0 Å². The molecule has 1 aliphatic carbocycles. The molecule has 19 heavy (non-hydrogen) atoms. The fourth-order valence-corrected chi connectivity index (χ4v) is 3.39. The lowest BCUT2D eigenvalue weighted by atomic mass is 10.2. The molecular weight excluding hydrogens is 292 g/mol. The Bertz CT molecular complexity index is 630. The Kier molecular flexibility index (Phi) is 3.37. The minimum Gasteiger partial charge on any atom is -0.480 e. The van der Waals surface area contributed by atoms with Crippen molar-refractivity contribution in [3.05, 3.63) is 16.3 Å². The minimum atomic E-state index is -3.59. The fraction of sp³-hybridized carbons (Fsp3) is 0.400. The number of carboxylic acid groups (broad SMARTS) is 1. The number of carboxylic acids is 1. The zero-order valence-electron chi connectivity index (χ0n) is 9.97. The van der Waals surface area contributed by atoms with E-state index in [9.17, 15) is 18.0 Å². The van der Waals surface area contributed by atoms with Crippen LogP contribution in [-0.4, -0.2) is 38.0 Å². The maximum atomic E-state index is 11.9. The van der Waals surface area contributed by atoms with Gasteiger partial charge in [-0.3, -0.25) is 4.79 Å². The molecule has 1 amide bonds. The number of amides is 1. The lowest BCUT2D eigenvalue weighted by Gasteiger charge is -2.10. The summed E-state index contributed by atoms with van der Waals surface area (Å²) in [5.41, 5.74) is -1.18. The van der Waals surface area contributed by atoms with E-state index in [2.05, 4.69) is 10.0 Å². The van der Waals surface area contributed by atoms with Crippen LogP contribution in [0, 0.1) is 0 Å². The molecule has 7 nitrogen and oxygen atoms in total. The van der Waals surface area contributed by atoms with Gasteiger partial charge in [0.2, 0.25) is 10.0 Å². The van der Waals surface area contributed by atoms with Gasteiger partial charge in [-0.15, -0.1) is 11.3 Å². The molecule has 0 aromatic carbocycles. The van der Waals surface area contributed by atoms with E-state index < -0.39 is 27.4 Å². The summed E-state index contributed by atoms with van der Waals surface area (Å²) >= 11 is 0.956. The highest BCUT2D eigenvalue weighted by atomic mass is 32.2. The molecule has 0 saturated heterocycles. The summed E-state index contributed by atoms with van der Waals surface area (Å²) in [5, 5.41) is 12.7. The summed E-state index contributed by atoms with van der Waals surface area (Å²) in [6.07, 6.45) is 0.780. The van der Waals surface area contributed by atoms with E-state index in [4.69, 9.17) is 5.11 Å². The average molecular weight is 304 g/mol. The molecule has 0 radical (unpaired) electrons. The zero-order valence-corrected chi connectivity index (χ0v) is 11.6. The second-order valence-electron chi connectivity index (χ2n) is 4.20. The predicted molar refractivity (Wildman–Crippen MR) is 67.6 cm³/mol. The number of hydrogen-bond donors (Lipinski definition) is 3. The number of nitrogens with one attached hydrogen (secondary N) is 2. The molecule has 104 valence electrons. The van der Waals surface area contributed by atoms with Crippen LogP contribution in [0.15, 0.2) is 16.3 Å². The number of carbonyl (C=O) groups excluding carboxylic acids is 1. The molecule has 0 unspecified atom stereocenters. The third-order valence-electron chi connectivity index (χ3n) is 2.89. The Morgan fingerprint density at radius 2 is 2.05 bits per heavy atom. The first-order valence-corrected chi connectivity index (χ1v) is 7.75. The van der Waals surface area contributed by atoms with Gasteiger partial charge in [0, 0.05) is 5.38 Å². The van der Waals surface area contributed by atoms with E-state index in [1.165, 1.54) is 18.5 Å². The van der Waals surface area contributed by atoms with Crippen LogP contribution in [0.4, 0.5) is 0 Å². The summed E-state index contributed by atoms with van der Waals surface area (Å²) in [5.74, 6) is -1.64. The lowest BCUT2D eigenvalue weighted by molar-refractivity contribution is -0.140. The molecule has 0 bridgehead atoms. The van der Waals surface area contributed by atoms with Gasteiger partial charge < -0.3 is 10.4 Å². The first kappa shape index (κ1) is 14.0. The Labute approximate surface area is 113 Å². The van der Waals surface area contributed by atoms with Crippen LogP contribution < -0.4 is 10.0 Å². The standard InChI is InChI=1S/C10H12N2O5S2/c1-11-19(16,17)6-4-7(18-5-6)8(13)12-10(2-3-10)9(14)15/h4-5,11H,2-3H2,1H3,(H,12,13)(H,14,15). The van der Waals surface area contributed by atoms with Gasteiger partial charge >= 0.3 is 5.97 Å². The first-order valence-electron chi connectivity index (χ1n) is 5.39. The Hall–Kier alpha value is -1.45. The van der Waals surface area contributed by atoms with Gasteiger partial charge in [-0.1, -0.05) is 0 Å². The lowest BCUT2D eigenvalue weighted by Crippen LogP contribution is -2.42. The normalized spacial score (nSPS) is 16.9. The molecule has 0 spiro atoms. The Balaban J connectivity index is 2.16. The largest absolute Gasteiger partial charge is 0.480 e. The number of carbonyl (C=O) groups is 2. The van der Waals surface area contributed by atoms with Crippen molar-refractivity contribution < 1.29 is 23.1 Å². The van der Waals surface area contributed by atoms with Gasteiger partial charge in [-0.25, -0.2) is 17.9 Å². The van der Waals surface area contributed by atoms with Crippen molar-refractivity contribution in [2.45, 2.75) is 23.3 Å². The Morgan fingerprint density at radius 3 is 2.53 bits per heavy atom. The molecule has 1 aromatic rings. The molecule has 1 aliphatic rings. The average Bonchev–Trinajstić information content (AvgIpc) is 2.95. The second kappa shape index (κ2) is 4.58. The van der Waals surface area contributed by atoms with Crippen LogP contribution >= 0.6 is 11.3 Å². The van der Waals surface area contributed by atoms with Gasteiger partial charge in [0.15, 0.2) is 0 Å². The highest BCUT2D eigenvalue weighted by Crippen LogP contribution is 2.36. The highest BCUT2D eigenvalue weighted by molar-refractivity contribution is 7.89. The van der Waals surface area contributed by atoms with Gasteiger partial charge in [0.05, 0.1) is 9.77 Å². The molecule has 9 heteroatoms. The first-order chi connectivity index (χ1) is 8.81. The fourth-order valence-electron chi connectivity index (χ4n) is 1.49. The van der Waals surface area contributed by atoms with Crippen LogP contribution in [0.1, 0.15) is 22.5 Å². The molecule has 0 atom stereocenters. The van der Waals surface area contributed by atoms with Crippen molar-refractivity contribution in [3.63, 3.8) is 0 Å². The van der Waals surface area contributed by atoms with Crippen molar-refractivity contribution in [1.29, 1.82) is 0 Å². The number of sulfonamides is 1. The van der Waals surface area contributed by atoms with Crippen molar-refractivity contribution in [1.82, 2.24) is 10.0 Å². The summed E-state index contributed by atoms with van der Waals surface area (Å²) < 4.78 is 25.2. The van der Waals surface area contributed by atoms with Gasteiger partial charge in [0.25, 0.3) is 5.91 Å². The Morgan fingerprint density at radius 1 is 1.42 bits per heavy atom.